The number of Topliss-reactive ketones (excluding diaryl/α,β-unsaturated/α-hetero) is 2. The van der Waals surface area contributed by atoms with Crippen LogP contribution in [0, 0.1) is 17.2 Å². The summed E-state index contributed by atoms with van der Waals surface area (Å²) in [6.07, 6.45) is 1.43. The molecule has 2 rings (SSSR count). The van der Waals surface area contributed by atoms with E-state index in [-0.39, 0.29) is 11.3 Å². The summed E-state index contributed by atoms with van der Waals surface area (Å²) in [4.78, 5) is 26.5. The van der Waals surface area contributed by atoms with E-state index in [1.165, 1.54) is 12.3 Å². The smallest absolute Gasteiger partial charge is 0.206 e. The summed E-state index contributed by atoms with van der Waals surface area (Å²) in [5.74, 6) is -2.09. The lowest BCUT2D eigenvalue weighted by Gasteiger charge is -1.89. The number of carbonyl (C=O) groups is 2. The molecule has 1 atom stereocenters. The topological polar surface area (TPSA) is 70.8 Å². The van der Waals surface area contributed by atoms with Crippen LogP contribution >= 0.6 is 0 Å². The fourth-order valence-electron chi connectivity index (χ4n) is 1.33. The highest BCUT2D eigenvalue weighted by atomic mass is 16.2. The zero-order valence-electron chi connectivity index (χ0n) is 6.52. The van der Waals surface area contributed by atoms with Crippen molar-refractivity contribution in [2.24, 2.45) is 5.92 Å². The SMILES string of the molecule is N#CC1C(=O)c2cccnc2C1=O. The minimum absolute atomic E-state index is 0.124. The standard InChI is InChI=1S/C9H4N2O2/c10-4-6-8(12)5-2-1-3-11-7(5)9(6)13/h1-3,6H. The molecule has 0 spiro atoms. The van der Waals surface area contributed by atoms with Gasteiger partial charge < -0.3 is 0 Å². The number of hydrogen-bond acceptors (Lipinski definition) is 4. The Morgan fingerprint density at radius 3 is 2.77 bits per heavy atom. The maximum atomic E-state index is 11.4. The second-order valence-corrected chi connectivity index (χ2v) is 2.69. The Labute approximate surface area is 73.8 Å². The van der Waals surface area contributed by atoms with Crippen molar-refractivity contribution in [3.05, 3.63) is 29.6 Å². The molecule has 1 aliphatic rings. The molecule has 1 unspecified atom stereocenters. The molecule has 0 bridgehead atoms. The molecule has 1 aliphatic carbocycles. The van der Waals surface area contributed by atoms with Gasteiger partial charge in [-0.1, -0.05) is 0 Å². The van der Waals surface area contributed by atoms with Crippen LogP contribution in [-0.2, 0) is 0 Å². The molecule has 62 valence electrons. The summed E-state index contributed by atoms with van der Waals surface area (Å²) in [6.45, 7) is 0. The molecule has 0 amide bonds. The molecule has 0 saturated heterocycles. The maximum Gasteiger partial charge on any atom is 0.206 e. The van der Waals surface area contributed by atoms with Gasteiger partial charge in [-0.2, -0.15) is 5.26 Å². The molecule has 4 nitrogen and oxygen atoms in total. The van der Waals surface area contributed by atoms with Gasteiger partial charge in [-0.25, -0.2) is 0 Å². The van der Waals surface area contributed by atoms with Crippen LogP contribution in [0.15, 0.2) is 18.3 Å². The van der Waals surface area contributed by atoms with E-state index in [1.807, 2.05) is 0 Å². The summed E-state index contributed by atoms with van der Waals surface area (Å²) < 4.78 is 0. The summed E-state index contributed by atoms with van der Waals surface area (Å²) >= 11 is 0. The first-order valence-electron chi connectivity index (χ1n) is 3.69. The van der Waals surface area contributed by atoms with Gasteiger partial charge in [0.25, 0.3) is 0 Å². The molecule has 0 fully saturated rings. The van der Waals surface area contributed by atoms with Gasteiger partial charge in [-0.15, -0.1) is 0 Å². The molecule has 0 saturated carbocycles. The van der Waals surface area contributed by atoms with Gasteiger partial charge >= 0.3 is 0 Å². The highest BCUT2D eigenvalue weighted by Crippen LogP contribution is 2.23. The average Bonchev–Trinajstić information content (AvgIpc) is 2.41. The third-order valence-corrected chi connectivity index (χ3v) is 1.96. The minimum Gasteiger partial charge on any atom is -0.292 e. The Kier molecular flexibility index (Phi) is 1.46. The molecule has 0 aliphatic heterocycles. The first-order chi connectivity index (χ1) is 6.25. The molecule has 1 aromatic heterocycles. The van der Waals surface area contributed by atoms with Gasteiger partial charge in [0.2, 0.25) is 5.78 Å². The second-order valence-electron chi connectivity index (χ2n) is 2.69. The molecular formula is C9H4N2O2. The van der Waals surface area contributed by atoms with Crippen LogP contribution in [-0.4, -0.2) is 16.6 Å². The normalized spacial score (nSPS) is 19.8. The van der Waals surface area contributed by atoms with Gasteiger partial charge in [0.1, 0.15) is 5.69 Å². The first kappa shape index (κ1) is 7.62. The summed E-state index contributed by atoms with van der Waals surface area (Å²) in [7, 11) is 0. The predicted octanol–water partition coefficient (Wildman–Crippen LogP) is 0.600. The summed E-state index contributed by atoms with van der Waals surface area (Å²) in [5, 5.41) is 8.56. The average molecular weight is 172 g/mol. The lowest BCUT2D eigenvalue weighted by molar-refractivity contribution is 0.0875. The number of aromatic nitrogens is 1. The van der Waals surface area contributed by atoms with Crippen LogP contribution in [0.3, 0.4) is 0 Å². The van der Waals surface area contributed by atoms with Crippen LogP contribution in [0.1, 0.15) is 20.8 Å². The van der Waals surface area contributed by atoms with E-state index in [4.69, 9.17) is 5.26 Å². The van der Waals surface area contributed by atoms with Crippen molar-refractivity contribution in [3.8, 4) is 6.07 Å². The number of ketones is 2. The monoisotopic (exact) mass is 172 g/mol. The van der Waals surface area contributed by atoms with Crippen LogP contribution in [0.25, 0.3) is 0 Å². The zero-order valence-corrected chi connectivity index (χ0v) is 6.52. The van der Waals surface area contributed by atoms with Crippen LogP contribution < -0.4 is 0 Å². The molecule has 13 heavy (non-hydrogen) atoms. The minimum atomic E-state index is -1.18. The van der Waals surface area contributed by atoms with Gasteiger partial charge in [0.15, 0.2) is 11.7 Å². The number of nitriles is 1. The number of nitrogens with zero attached hydrogens (tertiary/aromatic N) is 2. The van der Waals surface area contributed by atoms with Crippen LogP contribution in [0.2, 0.25) is 0 Å². The van der Waals surface area contributed by atoms with Crippen molar-refractivity contribution in [1.29, 1.82) is 5.26 Å². The predicted molar refractivity (Wildman–Crippen MR) is 42.0 cm³/mol. The van der Waals surface area contributed by atoms with Crippen molar-refractivity contribution in [2.45, 2.75) is 0 Å². The number of fused-ring (bicyclic) bond motifs is 1. The molecular weight excluding hydrogens is 168 g/mol. The van der Waals surface area contributed by atoms with Crippen LogP contribution in [0.4, 0.5) is 0 Å². The molecule has 1 heterocycles. The fraction of sp³-hybridized carbons (Fsp3) is 0.111. The van der Waals surface area contributed by atoms with E-state index in [1.54, 1.807) is 12.1 Å². The third kappa shape index (κ3) is 0.873. The molecule has 0 aromatic carbocycles. The number of pyridine rings is 1. The number of carbonyl (C=O) groups excluding carboxylic acids is 2. The Bertz CT molecular complexity index is 410. The Hall–Kier alpha value is -2.02. The van der Waals surface area contributed by atoms with Gasteiger partial charge in [0, 0.05) is 11.8 Å². The van der Waals surface area contributed by atoms with E-state index in [9.17, 15) is 9.59 Å². The van der Waals surface area contributed by atoms with Gasteiger partial charge in [0.05, 0.1) is 6.07 Å². The van der Waals surface area contributed by atoms with E-state index < -0.39 is 17.5 Å². The van der Waals surface area contributed by atoms with Crippen molar-refractivity contribution >= 4 is 11.6 Å². The van der Waals surface area contributed by atoms with Crippen molar-refractivity contribution in [1.82, 2.24) is 4.98 Å². The zero-order chi connectivity index (χ0) is 9.42. The fourth-order valence-corrected chi connectivity index (χ4v) is 1.33. The maximum absolute atomic E-state index is 11.4. The second kappa shape index (κ2) is 2.49. The third-order valence-electron chi connectivity index (χ3n) is 1.96. The number of rotatable bonds is 0. The number of hydrogen-bond donors (Lipinski definition) is 0. The van der Waals surface area contributed by atoms with E-state index >= 15 is 0 Å². The lowest BCUT2D eigenvalue weighted by Crippen LogP contribution is -2.12. The quantitative estimate of drug-likeness (QED) is 0.537. The molecule has 1 aromatic rings. The van der Waals surface area contributed by atoms with Crippen molar-refractivity contribution < 1.29 is 9.59 Å². The van der Waals surface area contributed by atoms with E-state index in [0.717, 1.165) is 0 Å². The van der Waals surface area contributed by atoms with Crippen LogP contribution in [0.5, 0.6) is 0 Å². The van der Waals surface area contributed by atoms with E-state index in [2.05, 4.69) is 4.98 Å². The largest absolute Gasteiger partial charge is 0.292 e. The van der Waals surface area contributed by atoms with E-state index in [0.29, 0.717) is 0 Å². The van der Waals surface area contributed by atoms with Crippen molar-refractivity contribution in [2.75, 3.05) is 0 Å². The lowest BCUT2D eigenvalue weighted by atomic mass is 10.1. The molecule has 0 N–H and O–H groups in total. The molecule has 0 radical (unpaired) electrons. The van der Waals surface area contributed by atoms with Crippen molar-refractivity contribution in [3.63, 3.8) is 0 Å². The van der Waals surface area contributed by atoms with Gasteiger partial charge in [-0.3, -0.25) is 14.6 Å². The highest BCUT2D eigenvalue weighted by Gasteiger charge is 2.39. The Morgan fingerprint density at radius 2 is 2.15 bits per heavy atom. The summed E-state index contributed by atoms with van der Waals surface area (Å²) in [6, 6.07) is 4.76. The highest BCUT2D eigenvalue weighted by molar-refractivity contribution is 6.27. The Balaban J connectivity index is 2.65. The summed E-state index contributed by atoms with van der Waals surface area (Å²) in [5.41, 5.74) is 0.387. The Morgan fingerprint density at radius 1 is 1.38 bits per heavy atom. The first-order valence-corrected chi connectivity index (χ1v) is 3.69. The van der Waals surface area contributed by atoms with Gasteiger partial charge in [-0.05, 0) is 12.1 Å². The molecule has 4 heteroatoms.